The van der Waals surface area contributed by atoms with Gasteiger partial charge in [0.05, 0.1) is 18.5 Å². The van der Waals surface area contributed by atoms with Gasteiger partial charge >= 0.3 is 0 Å². The molecule has 0 saturated heterocycles. The van der Waals surface area contributed by atoms with Crippen molar-refractivity contribution in [2.24, 2.45) is 0 Å². The SMILES string of the molecule is CCCOC(C)=CC(C)OC. The number of allylic oxidation sites excluding steroid dienone is 1. The summed E-state index contributed by atoms with van der Waals surface area (Å²) in [5, 5.41) is 0. The molecule has 0 aliphatic rings. The molecule has 2 nitrogen and oxygen atoms in total. The molecule has 0 fully saturated rings. The lowest BCUT2D eigenvalue weighted by molar-refractivity contribution is 0.146. The summed E-state index contributed by atoms with van der Waals surface area (Å²) in [6.07, 6.45) is 3.16. The fourth-order valence-electron chi connectivity index (χ4n) is 0.710. The first-order chi connectivity index (χ1) is 5.20. The number of methoxy groups -OCH3 is 1. The van der Waals surface area contributed by atoms with Gasteiger partial charge in [-0.25, -0.2) is 0 Å². The molecule has 0 aliphatic carbocycles. The van der Waals surface area contributed by atoms with Crippen LogP contribution in [0.25, 0.3) is 0 Å². The van der Waals surface area contributed by atoms with Crippen molar-refractivity contribution in [1.29, 1.82) is 0 Å². The van der Waals surface area contributed by atoms with Crippen LogP contribution in [0.4, 0.5) is 0 Å². The van der Waals surface area contributed by atoms with Crippen molar-refractivity contribution in [3.63, 3.8) is 0 Å². The summed E-state index contributed by atoms with van der Waals surface area (Å²) in [7, 11) is 1.69. The van der Waals surface area contributed by atoms with Gasteiger partial charge in [0.2, 0.25) is 0 Å². The maximum absolute atomic E-state index is 5.34. The molecule has 0 aromatic heterocycles. The van der Waals surface area contributed by atoms with Crippen molar-refractivity contribution < 1.29 is 9.47 Å². The van der Waals surface area contributed by atoms with Crippen LogP contribution in [0.15, 0.2) is 11.8 Å². The van der Waals surface area contributed by atoms with E-state index in [-0.39, 0.29) is 6.10 Å². The Kier molecular flexibility index (Phi) is 5.94. The summed E-state index contributed by atoms with van der Waals surface area (Å²) < 4.78 is 10.4. The molecule has 1 unspecified atom stereocenters. The van der Waals surface area contributed by atoms with E-state index in [0.717, 1.165) is 18.8 Å². The molecule has 0 radical (unpaired) electrons. The van der Waals surface area contributed by atoms with Crippen molar-refractivity contribution >= 4 is 0 Å². The normalized spacial score (nSPS) is 14.7. The van der Waals surface area contributed by atoms with Crippen LogP contribution in [0.2, 0.25) is 0 Å². The summed E-state index contributed by atoms with van der Waals surface area (Å²) in [5.74, 6) is 0.946. The van der Waals surface area contributed by atoms with Crippen LogP contribution in [0, 0.1) is 0 Å². The van der Waals surface area contributed by atoms with Gasteiger partial charge in [0.25, 0.3) is 0 Å². The second-order valence-corrected chi connectivity index (χ2v) is 2.57. The van der Waals surface area contributed by atoms with Crippen molar-refractivity contribution in [1.82, 2.24) is 0 Å². The first kappa shape index (κ1) is 10.5. The molecule has 66 valence electrons. The highest BCUT2D eigenvalue weighted by Crippen LogP contribution is 2.00. The molecule has 0 aromatic carbocycles. The summed E-state index contributed by atoms with van der Waals surface area (Å²) in [6, 6.07) is 0. The van der Waals surface area contributed by atoms with Crippen LogP contribution in [-0.4, -0.2) is 19.8 Å². The fraction of sp³-hybridized carbons (Fsp3) is 0.778. The Hall–Kier alpha value is -0.500. The Morgan fingerprint density at radius 1 is 1.55 bits per heavy atom. The quantitative estimate of drug-likeness (QED) is 0.572. The smallest absolute Gasteiger partial charge is 0.0914 e. The molecule has 1 atom stereocenters. The second kappa shape index (κ2) is 6.23. The molecule has 11 heavy (non-hydrogen) atoms. The van der Waals surface area contributed by atoms with E-state index in [2.05, 4.69) is 6.92 Å². The lowest BCUT2D eigenvalue weighted by Crippen LogP contribution is -2.02. The van der Waals surface area contributed by atoms with Crippen molar-refractivity contribution in [3.8, 4) is 0 Å². The first-order valence-electron chi connectivity index (χ1n) is 4.04. The third-order valence-corrected chi connectivity index (χ3v) is 1.38. The highest BCUT2D eigenvalue weighted by atomic mass is 16.5. The maximum Gasteiger partial charge on any atom is 0.0914 e. The van der Waals surface area contributed by atoms with E-state index in [4.69, 9.17) is 9.47 Å². The molecule has 0 rings (SSSR count). The molecule has 0 heterocycles. The number of hydrogen-bond acceptors (Lipinski definition) is 2. The van der Waals surface area contributed by atoms with E-state index in [1.807, 2.05) is 19.9 Å². The zero-order valence-electron chi connectivity index (χ0n) is 7.89. The van der Waals surface area contributed by atoms with Gasteiger partial charge in [0.1, 0.15) is 0 Å². The average Bonchev–Trinajstić information content (AvgIpc) is 2.00. The number of hydrogen-bond donors (Lipinski definition) is 0. The third kappa shape index (κ3) is 5.92. The Morgan fingerprint density at radius 3 is 2.64 bits per heavy atom. The van der Waals surface area contributed by atoms with E-state index < -0.39 is 0 Å². The molecule has 0 amide bonds. The monoisotopic (exact) mass is 158 g/mol. The summed E-state index contributed by atoms with van der Waals surface area (Å²) in [6.45, 7) is 6.82. The Labute approximate surface area is 69.2 Å². The molecule has 0 saturated carbocycles. The molecule has 0 N–H and O–H groups in total. The van der Waals surface area contributed by atoms with Gasteiger partial charge in [0, 0.05) is 7.11 Å². The lowest BCUT2D eigenvalue weighted by Gasteiger charge is -2.07. The minimum absolute atomic E-state index is 0.145. The minimum atomic E-state index is 0.145. The van der Waals surface area contributed by atoms with Gasteiger partial charge in [-0.05, 0) is 26.3 Å². The van der Waals surface area contributed by atoms with Gasteiger partial charge in [0.15, 0.2) is 0 Å². The zero-order chi connectivity index (χ0) is 8.69. The van der Waals surface area contributed by atoms with E-state index in [0.29, 0.717) is 0 Å². The average molecular weight is 158 g/mol. The second-order valence-electron chi connectivity index (χ2n) is 2.57. The number of ether oxygens (including phenoxy) is 2. The highest BCUT2D eigenvalue weighted by Gasteiger charge is 1.95. The van der Waals surface area contributed by atoms with Crippen molar-refractivity contribution in [2.75, 3.05) is 13.7 Å². The lowest BCUT2D eigenvalue weighted by atomic mass is 10.3. The minimum Gasteiger partial charge on any atom is -0.498 e. The highest BCUT2D eigenvalue weighted by molar-refractivity contribution is 4.92. The predicted octanol–water partition coefficient (Wildman–Crippen LogP) is 2.35. The molecule has 0 spiro atoms. The molecular formula is C9H18O2. The van der Waals surface area contributed by atoms with Gasteiger partial charge in [-0.1, -0.05) is 6.92 Å². The van der Waals surface area contributed by atoms with E-state index in [1.165, 1.54) is 0 Å². The first-order valence-corrected chi connectivity index (χ1v) is 4.04. The fourth-order valence-corrected chi connectivity index (χ4v) is 0.710. The Morgan fingerprint density at radius 2 is 2.18 bits per heavy atom. The standard InChI is InChI=1S/C9H18O2/c1-5-6-11-9(3)7-8(2)10-4/h7-8H,5-6H2,1-4H3. The van der Waals surface area contributed by atoms with E-state index in [1.54, 1.807) is 7.11 Å². The maximum atomic E-state index is 5.34. The zero-order valence-corrected chi connectivity index (χ0v) is 7.89. The van der Waals surface area contributed by atoms with Gasteiger partial charge < -0.3 is 9.47 Å². The third-order valence-electron chi connectivity index (χ3n) is 1.38. The largest absolute Gasteiger partial charge is 0.498 e. The van der Waals surface area contributed by atoms with Crippen LogP contribution in [-0.2, 0) is 9.47 Å². The molecule has 0 aliphatic heterocycles. The van der Waals surface area contributed by atoms with Crippen LogP contribution in [0.3, 0.4) is 0 Å². The Balaban J connectivity index is 3.61. The summed E-state index contributed by atoms with van der Waals surface area (Å²) in [4.78, 5) is 0. The predicted molar refractivity (Wildman–Crippen MR) is 46.5 cm³/mol. The van der Waals surface area contributed by atoms with Gasteiger partial charge in [-0.15, -0.1) is 0 Å². The summed E-state index contributed by atoms with van der Waals surface area (Å²) in [5.41, 5.74) is 0. The van der Waals surface area contributed by atoms with E-state index >= 15 is 0 Å². The van der Waals surface area contributed by atoms with E-state index in [9.17, 15) is 0 Å². The molecule has 0 bridgehead atoms. The molecule has 2 heteroatoms. The summed E-state index contributed by atoms with van der Waals surface area (Å²) >= 11 is 0. The van der Waals surface area contributed by atoms with Crippen molar-refractivity contribution in [2.45, 2.75) is 33.3 Å². The van der Waals surface area contributed by atoms with Crippen LogP contribution in [0.5, 0.6) is 0 Å². The number of rotatable bonds is 5. The molecule has 0 aromatic rings. The molecular weight excluding hydrogens is 140 g/mol. The Bertz CT molecular complexity index is 119. The topological polar surface area (TPSA) is 18.5 Å². The van der Waals surface area contributed by atoms with Crippen LogP contribution in [0.1, 0.15) is 27.2 Å². The van der Waals surface area contributed by atoms with Crippen LogP contribution >= 0.6 is 0 Å². The van der Waals surface area contributed by atoms with Gasteiger partial charge in [-0.3, -0.25) is 0 Å². The van der Waals surface area contributed by atoms with Crippen LogP contribution < -0.4 is 0 Å². The van der Waals surface area contributed by atoms with Gasteiger partial charge in [-0.2, -0.15) is 0 Å². The van der Waals surface area contributed by atoms with Crippen molar-refractivity contribution in [3.05, 3.63) is 11.8 Å².